The highest BCUT2D eigenvalue weighted by Gasteiger charge is 2.41. The van der Waals surface area contributed by atoms with E-state index in [0.717, 1.165) is 26.2 Å². The lowest BCUT2D eigenvalue weighted by molar-refractivity contribution is -0.138. The van der Waals surface area contributed by atoms with Crippen molar-refractivity contribution in [3.8, 4) is 0 Å². The molecule has 8 heteroatoms. The molecule has 3 saturated heterocycles. The third-order valence-corrected chi connectivity index (χ3v) is 6.18. The van der Waals surface area contributed by atoms with Gasteiger partial charge < -0.3 is 14.5 Å². The molecule has 3 aliphatic heterocycles. The van der Waals surface area contributed by atoms with Crippen LogP contribution in [0, 0.1) is 11.8 Å². The quantitative estimate of drug-likeness (QED) is 0.785. The summed E-state index contributed by atoms with van der Waals surface area (Å²) >= 11 is 0. The van der Waals surface area contributed by atoms with Gasteiger partial charge in [0.05, 0.1) is 18.8 Å². The molecule has 0 spiro atoms. The summed E-state index contributed by atoms with van der Waals surface area (Å²) in [5.41, 5.74) is 0.390. The highest BCUT2D eigenvalue weighted by Crippen LogP contribution is 2.37. The van der Waals surface area contributed by atoms with Gasteiger partial charge in [-0.05, 0) is 29.5 Å². The fraction of sp³-hybridized carbons (Fsp3) is 0.650. The SMILES string of the molecule is CC(=O)N1CC2CN(Cc3ccc(N4CCOCC4)cc3C(F)(F)F)CC2C1. The van der Waals surface area contributed by atoms with Crippen LogP contribution >= 0.6 is 0 Å². The Morgan fingerprint density at radius 1 is 1.11 bits per heavy atom. The smallest absolute Gasteiger partial charge is 0.378 e. The van der Waals surface area contributed by atoms with Gasteiger partial charge in [0, 0.05) is 58.4 Å². The number of halogens is 3. The second kappa shape index (κ2) is 7.55. The molecule has 1 aromatic rings. The fourth-order valence-corrected chi connectivity index (χ4v) is 4.70. The molecule has 3 aliphatic rings. The molecule has 0 bridgehead atoms. The van der Waals surface area contributed by atoms with Gasteiger partial charge in [-0.25, -0.2) is 0 Å². The summed E-state index contributed by atoms with van der Waals surface area (Å²) in [5.74, 6) is 0.815. The summed E-state index contributed by atoms with van der Waals surface area (Å²) in [6.45, 7) is 7.10. The molecule has 0 N–H and O–H groups in total. The van der Waals surface area contributed by atoms with Crippen molar-refractivity contribution in [2.45, 2.75) is 19.6 Å². The number of rotatable bonds is 3. The van der Waals surface area contributed by atoms with E-state index in [9.17, 15) is 18.0 Å². The Labute approximate surface area is 163 Å². The van der Waals surface area contributed by atoms with Crippen LogP contribution < -0.4 is 4.90 Å². The van der Waals surface area contributed by atoms with Gasteiger partial charge >= 0.3 is 6.18 Å². The second-order valence-corrected chi connectivity index (χ2v) is 8.08. The number of amides is 1. The number of anilines is 1. The molecule has 1 aromatic carbocycles. The number of carbonyl (C=O) groups excluding carboxylic acids is 1. The highest BCUT2D eigenvalue weighted by molar-refractivity contribution is 5.73. The number of morpholine rings is 1. The first-order chi connectivity index (χ1) is 13.3. The van der Waals surface area contributed by atoms with Crippen LogP contribution in [0.25, 0.3) is 0 Å². The molecule has 2 atom stereocenters. The van der Waals surface area contributed by atoms with Gasteiger partial charge in [0.15, 0.2) is 0 Å². The minimum Gasteiger partial charge on any atom is -0.378 e. The van der Waals surface area contributed by atoms with Crippen molar-refractivity contribution in [1.29, 1.82) is 0 Å². The molecule has 5 nitrogen and oxygen atoms in total. The normalized spacial score (nSPS) is 26.0. The predicted octanol–water partition coefficient (Wildman–Crippen LogP) is 2.45. The van der Waals surface area contributed by atoms with E-state index in [4.69, 9.17) is 4.74 Å². The molecule has 154 valence electrons. The monoisotopic (exact) mass is 397 g/mol. The van der Waals surface area contributed by atoms with E-state index >= 15 is 0 Å². The first kappa shape index (κ1) is 19.5. The summed E-state index contributed by atoms with van der Waals surface area (Å²) in [7, 11) is 0. The summed E-state index contributed by atoms with van der Waals surface area (Å²) in [6.07, 6.45) is -4.38. The number of nitrogens with zero attached hydrogens (tertiary/aromatic N) is 3. The van der Waals surface area contributed by atoms with E-state index in [-0.39, 0.29) is 5.91 Å². The molecule has 3 heterocycles. The summed E-state index contributed by atoms with van der Waals surface area (Å²) in [6, 6.07) is 4.71. The molecule has 3 fully saturated rings. The molecule has 0 saturated carbocycles. The van der Waals surface area contributed by atoms with Gasteiger partial charge in [-0.1, -0.05) is 6.07 Å². The zero-order valence-corrected chi connectivity index (χ0v) is 16.0. The zero-order chi connectivity index (χ0) is 19.9. The maximum atomic E-state index is 13.7. The number of hydrogen-bond donors (Lipinski definition) is 0. The van der Waals surface area contributed by atoms with Crippen LogP contribution in [0.4, 0.5) is 18.9 Å². The minimum absolute atomic E-state index is 0.0824. The Bertz CT molecular complexity index is 720. The fourth-order valence-electron chi connectivity index (χ4n) is 4.70. The lowest BCUT2D eigenvalue weighted by atomic mass is 10.0. The minimum atomic E-state index is -4.38. The third-order valence-electron chi connectivity index (χ3n) is 6.18. The standard InChI is InChI=1S/C20H26F3N3O2/c1-14(27)26-12-16-10-24(11-17(16)13-26)9-15-2-3-18(8-19(15)20(21,22)23)25-4-6-28-7-5-25/h2-3,8,16-17H,4-7,9-13H2,1H3. The topological polar surface area (TPSA) is 36.0 Å². The van der Waals surface area contributed by atoms with E-state index < -0.39 is 11.7 Å². The number of ether oxygens (including phenoxy) is 1. The maximum Gasteiger partial charge on any atom is 0.416 e. The van der Waals surface area contributed by atoms with E-state index in [1.807, 2.05) is 9.80 Å². The van der Waals surface area contributed by atoms with Gasteiger partial charge in [-0.2, -0.15) is 13.2 Å². The van der Waals surface area contributed by atoms with Gasteiger partial charge in [-0.15, -0.1) is 0 Å². The van der Waals surface area contributed by atoms with Crippen LogP contribution in [0.1, 0.15) is 18.1 Å². The Balaban J connectivity index is 1.48. The number of likely N-dealkylation sites (tertiary alicyclic amines) is 2. The molecule has 4 rings (SSSR count). The Hall–Kier alpha value is -1.80. The van der Waals surface area contributed by atoms with Gasteiger partial charge in [0.2, 0.25) is 5.91 Å². The van der Waals surface area contributed by atoms with Crippen molar-refractivity contribution in [3.63, 3.8) is 0 Å². The number of hydrogen-bond acceptors (Lipinski definition) is 4. The van der Waals surface area contributed by atoms with Crippen LogP contribution in [0.2, 0.25) is 0 Å². The summed E-state index contributed by atoms with van der Waals surface area (Å²) in [4.78, 5) is 17.4. The van der Waals surface area contributed by atoms with Crippen molar-refractivity contribution < 1.29 is 22.7 Å². The molecular formula is C20H26F3N3O2. The van der Waals surface area contributed by atoms with Crippen molar-refractivity contribution in [3.05, 3.63) is 29.3 Å². The van der Waals surface area contributed by atoms with E-state index in [0.29, 0.717) is 55.9 Å². The van der Waals surface area contributed by atoms with Crippen LogP contribution in [-0.2, 0) is 22.3 Å². The molecule has 0 aromatic heterocycles. The van der Waals surface area contributed by atoms with E-state index in [1.165, 1.54) is 6.07 Å². The van der Waals surface area contributed by atoms with E-state index in [1.54, 1.807) is 19.1 Å². The lowest BCUT2D eigenvalue weighted by Gasteiger charge is -2.30. The second-order valence-electron chi connectivity index (χ2n) is 8.08. The summed E-state index contributed by atoms with van der Waals surface area (Å²) < 4.78 is 46.5. The Kier molecular flexibility index (Phi) is 5.26. The van der Waals surface area contributed by atoms with Crippen LogP contribution in [0.3, 0.4) is 0 Å². The van der Waals surface area contributed by atoms with Crippen molar-refractivity contribution in [2.75, 3.05) is 57.4 Å². The van der Waals surface area contributed by atoms with Crippen LogP contribution in [0.5, 0.6) is 0 Å². The highest BCUT2D eigenvalue weighted by atomic mass is 19.4. The van der Waals surface area contributed by atoms with Gasteiger partial charge in [0.25, 0.3) is 0 Å². The average molecular weight is 397 g/mol. The first-order valence-electron chi connectivity index (χ1n) is 9.82. The van der Waals surface area contributed by atoms with Crippen molar-refractivity contribution in [1.82, 2.24) is 9.80 Å². The predicted molar refractivity (Wildman–Crippen MR) is 99.0 cm³/mol. The number of alkyl halides is 3. The number of benzene rings is 1. The molecule has 28 heavy (non-hydrogen) atoms. The molecular weight excluding hydrogens is 371 g/mol. The molecule has 1 amide bonds. The van der Waals surface area contributed by atoms with E-state index in [2.05, 4.69) is 4.90 Å². The molecule has 0 radical (unpaired) electrons. The van der Waals surface area contributed by atoms with Crippen molar-refractivity contribution >= 4 is 11.6 Å². The van der Waals surface area contributed by atoms with Gasteiger partial charge in [0.1, 0.15) is 0 Å². The number of fused-ring (bicyclic) bond motifs is 1. The van der Waals surface area contributed by atoms with Gasteiger partial charge in [-0.3, -0.25) is 9.69 Å². The Morgan fingerprint density at radius 2 is 1.75 bits per heavy atom. The maximum absolute atomic E-state index is 13.7. The largest absolute Gasteiger partial charge is 0.416 e. The zero-order valence-electron chi connectivity index (χ0n) is 16.0. The molecule has 0 aliphatic carbocycles. The first-order valence-corrected chi connectivity index (χ1v) is 9.82. The molecule has 2 unspecified atom stereocenters. The Morgan fingerprint density at radius 3 is 2.32 bits per heavy atom. The van der Waals surface area contributed by atoms with Crippen molar-refractivity contribution in [2.24, 2.45) is 11.8 Å². The summed E-state index contributed by atoms with van der Waals surface area (Å²) in [5, 5.41) is 0. The van der Waals surface area contributed by atoms with Crippen LogP contribution in [-0.4, -0.2) is 68.2 Å². The third kappa shape index (κ3) is 3.98. The number of carbonyl (C=O) groups is 1. The van der Waals surface area contributed by atoms with Crippen LogP contribution in [0.15, 0.2) is 18.2 Å². The lowest BCUT2D eigenvalue weighted by Crippen LogP contribution is -2.36. The average Bonchev–Trinajstić information content (AvgIpc) is 3.20.